The quantitative estimate of drug-likeness (QED) is 0.641. The van der Waals surface area contributed by atoms with Gasteiger partial charge in [0.2, 0.25) is 5.91 Å². The molecular weight excluding hydrogens is 345 g/mol. The lowest BCUT2D eigenvalue weighted by molar-refractivity contribution is -0.121. The van der Waals surface area contributed by atoms with Gasteiger partial charge in [0.05, 0.1) is 23.7 Å². The Balaban J connectivity index is 1.75. The maximum absolute atomic E-state index is 14.1. The molecule has 0 saturated heterocycles. The SMILES string of the molecule is C[C@@H](O)CCC(=O)NCCc1nc2ccccc2n1Cc1ccccc1F. The van der Waals surface area contributed by atoms with E-state index in [1.54, 1.807) is 19.1 Å². The summed E-state index contributed by atoms with van der Waals surface area (Å²) in [7, 11) is 0. The smallest absolute Gasteiger partial charge is 0.220 e. The Morgan fingerprint density at radius 2 is 1.96 bits per heavy atom. The minimum Gasteiger partial charge on any atom is -0.393 e. The van der Waals surface area contributed by atoms with Crippen molar-refractivity contribution in [3.05, 3.63) is 65.7 Å². The second kappa shape index (κ2) is 8.77. The van der Waals surface area contributed by atoms with Crippen LogP contribution in [0.15, 0.2) is 48.5 Å². The van der Waals surface area contributed by atoms with Crippen LogP contribution in [0.2, 0.25) is 0 Å². The molecule has 0 spiro atoms. The number of hydrogen-bond acceptors (Lipinski definition) is 3. The van der Waals surface area contributed by atoms with Gasteiger partial charge >= 0.3 is 0 Å². The third-order valence-electron chi connectivity index (χ3n) is 4.48. The summed E-state index contributed by atoms with van der Waals surface area (Å²) in [4.78, 5) is 16.5. The van der Waals surface area contributed by atoms with Gasteiger partial charge < -0.3 is 15.0 Å². The Labute approximate surface area is 157 Å². The summed E-state index contributed by atoms with van der Waals surface area (Å²) in [5.74, 6) is 0.468. The second-order valence-corrected chi connectivity index (χ2v) is 6.68. The lowest BCUT2D eigenvalue weighted by Gasteiger charge is -2.11. The molecule has 1 aromatic heterocycles. The van der Waals surface area contributed by atoms with Crippen LogP contribution in [0.25, 0.3) is 11.0 Å². The summed E-state index contributed by atoms with van der Waals surface area (Å²) >= 11 is 0. The van der Waals surface area contributed by atoms with Crippen molar-refractivity contribution in [2.24, 2.45) is 0 Å². The van der Waals surface area contributed by atoms with Crippen molar-refractivity contribution in [3.63, 3.8) is 0 Å². The molecule has 6 heteroatoms. The van der Waals surface area contributed by atoms with Crippen molar-refractivity contribution >= 4 is 16.9 Å². The van der Waals surface area contributed by atoms with E-state index in [-0.39, 0.29) is 11.7 Å². The first-order chi connectivity index (χ1) is 13.0. The van der Waals surface area contributed by atoms with Gasteiger partial charge in [0.15, 0.2) is 0 Å². The van der Waals surface area contributed by atoms with Crippen LogP contribution >= 0.6 is 0 Å². The zero-order valence-electron chi connectivity index (χ0n) is 15.4. The molecule has 0 unspecified atom stereocenters. The van der Waals surface area contributed by atoms with Crippen LogP contribution in [0.1, 0.15) is 31.2 Å². The number of carbonyl (C=O) groups excluding carboxylic acids is 1. The number of rotatable bonds is 8. The maximum atomic E-state index is 14.1. The summed E-state index contributed by atoms with van der Waals surface area (Å²) in [6.45, 7) is 2.50. The molecule has 1 heterocycles. The number of aliphatic hydroxyl groups is 1. The minimum absolute atomic E-state index is 0.0901. The fraction of sp³-hybridized carbons (Fsp3) is 0.333. The van der Waals surface area contributed by atoms with Gasteiger partial charge in [0.25, 0.3) is 0 Å². The molecule has 1 amide bonds. The third kappa shape index (κ3) is 4.92. The number of imidazole rings is 1. The maximum Gasteiger partial charge on any atom is 0.220 e. The molecule has 3 aromatic rings. The van der Waals surface area contributed by atoms with Crippen molar-refractivity contribution in [2.45, 2.75) is 38.8 Å². The molecule has 2 N–H and O–H groups in total. The summed E-state index contributed by atoms with van der Waals surface area (Å²) in [5.41, 5.74) is 2.39. The van der Waals surface area contributed by atoms with Crippen LogP contribution in [0, 0.1) is 5.82 Å². The number of amides is 1. The highest BCUT2D eigenvalue weighted by Gasteiger charge is 2.13. The van der Waals surface area contributed by atoms with Gasteiger partial charge in [-0.2, -0.15) is 0 Å². The summed E-state index contributed by atoms with van der Waals surface area (Å²) < 4.78 is 16.1. The average molecular weight is 369 g/mol. The lowest BCUT2D eigenvalue weighted by atomic mass is 10.2. The van der Waals surface area contributed by atoms with Gasteiger partial charge in [0, 0.05) is 24.9 Å². The van der Waals surface area contributed by atoms with Crippen LogP contribution in [0.5, 0.6) is 0 Å². The first-order valence-electron chi connectivity index (χ1n) is 9.17. The summed E-state index contributed by atoms with van der Waals surface area (Å²) in [6, 6.07) is 14.5. The highest BCUT2D eigenvalue weighted by Crippen LogP contribution is 2.19. The fourth-order valence-corrected chi connectivity index (χ4v) is 3.03. The second-order valence-electron chi connectivity index (χ2n) is 6.68. The van der Waals surface area contributed by atoms with Crippen molar-refractivity contribution in [2.75, 3.05) is 6.54 Å². The number of fused-ring (bicyclic) bond motifs is 1. The Morgan fingerprint density at radius 1 is 1.22 bits per heavy atom. The number of aliphatic hydroxyl groups excluding tert-OH is 1. The van der Waals surface area contributed by atoms with Crippen molar-refractivity contribution in [1.29, 1.82) is 0 Å². The average Bonchev–Trinajstić information content (AvgIpc) is 2.99. The molecule has 27 heavy (non-hydrogen) atoms. The molecule has 142 valence electrons. The van der Waals surface area contributed by atoms with E-state index in [0.717, 1.165) is 16.9 Å². The molecule has 1 atom stereocenters. The lowest BCUT2D eigenvalue weighted by Crippen LogP contribution is -2.27. The van der Waals surface area contributed by atoms with E-state index >= 15 is 0 Å². The summed E-state index contributed by atoms with van der Waals surface area (Å²) in [6.07, 6.45) is 0.797. The van der Waals surface area contributed by atoms with E-state index in [0.29, 0.717) is 37.9 Å². The van der Waals surface area contributed by atoms with E-state index in [9.17, 15) is 14.3 Å². The molecule has 0 aliphatic rings. The molecule has 2 aromatic carbocycles. The Hall–Kier alpha value is -2.73. The van der Waals surface area contributed by atoms with Gasteiger partial charge in [-0.05, 0) is 31.5 Å². The molecule has 0 fully saturated rings. The van der Waals surface area contributed by atoms with E-state index < -0.39 is 6.10 Å². The van der Waals surface area contributed by atoms with Crippen LogP contribution in [0.4, 0.5) is 4.39 Å². The van der Waals surface area contributed by atoms with Crippen LogP contribution < -0.4 is 5.32 Å². The molecule has 3 rings (SSSR count). The summed E-state index contributed by atoms with van der Waals surface area (Å²) in [5, 5.41) is 12.1. The topological polar surface area (TPSA) is 67.2 Å². The number of nitrogens with one attached hydrogen (secondary N) is 1. The predicted molar refractivity (Wildman–Crippen MR) is 103 cm³/mol. The van der Waals surface area contributed by atoms with Crippen molar-refractivity contribution in [3.8, 4) is 0 Å². The van der Waals surface area contributed by atoms with Crippen LogP contribution in [-0.2, 0) is 17.8 Å². The van der Waals surface area contributed by atoms with Crippen LogP contribution in [-0.4, -0.2) is 33.2 Å². The van der Waals surface area contributed by atoms with Gasteiger partial charge in [-0.3, -0.25) is 4.79 Å². The number of para-hydroxylation sites is 2. The minimum atomic E-state index is -0.485. The van der Waals surface area contributed by atoms with Crippen LogP contribution in [0.3, 0.4) is 0 Å². The number of halogens is 1. The monoisotopic (exact) mass is 369 g/mol. The highest BCUT2D eigenvalue weighted by atomic mass is 19.1. The number of benzene rings is 2. The molecule has 0 aliphatic carbocycles. The number of carbonyl (C=O) groups is 1. The third-order valence-corrected chi connectivity index (χ3v) is 4.48. The highest BCUT2D eigenvalue weighted by molar-refractivity contribution is 5.76. The van der Waals surface area contributed by atoms with Gasteiger partial charge in [-0.25, -0.2) is 9.37 Å². The predicted octanol–water partition coefficient (Wildman–Crippen LogP) is 3.04. The standard InChI is InChI=1S/C21H24FN3O2/c1-15(26)10-11-21(27)23-13-12-20-24-18-8-4-5-9-19(18)25(20)14-16-6-2-3-7-17(16)22/h2-9,15,26H,10-14H2,1H3,(H,23,27)/t15-/m1/s1. The van der Waals surface area contributed by atoms with Gasteiger partial charge in [-0.1, -0.05) is 30.3 Å². The van der Waals surface area contributed by atoms with Crippen molar-refractivity contribution < 1.29 is 14.3 Å². The van der Waals surface area contributed by atoms with Gasteiger partial charge in [0.1, 0.15) is 11.6 Å². The number of aromatic nitrogens is 2. The molecule has 0 aliphatic heterocycles. The Bertz CT molecular complexity index is 921. The fourth-order valence-electron chi connectivity index (χ4n) is 3.03. The number of nitrogens with zero attached hydrogens (tertiary/aromatic N) is 2. The van der Waals surface area contributed by atoms with Gasteiger partial charge in [-0.15, -0.1) is 0 Å². The molecule has 5 nitrogen and oxygen atoms in total. The molecule has 0 radical (unpaired) electrons. The van der Waals surface area contributed by atoms with E-state index in [1.165, 1.54) is 6.07 Å². The van der Waals surface area contributed by atoms with E-state index in [1.807, 2.05) is 34.9 Å². The molecule has 0 bridgehead atoms. The zero-order valence-corrected chi connectivity index (χ0v) is 15.4. The Kier molecular flexibility index (Phi) is 6.19. The molecular formula is C21H24FN3O2. The number of hydrogen-bond donors (Lipinski definition) is 2. The van der Waals surface area contributed by atoms with E-state index in [4.69, 9.17) is 0 Å². The first kappa shape index (κ1) is 19.0. The van der Waals surface area contributed by atoms with Crippen molar-refractivity contribution in [1.82, 2.24) is 14.9 Å². The van der Waals surface area contributed by atoms with E-state index in [2.05, 4.69) is 10.3 Å². The molecule has 0 saturated carbocycles. The first-order valence-corrected chi connectivity index (χ1v) is 9.17. The zero-order chi connectivity index (χ0) is 19.2. The largest absolute Gasteiger partial charge is 0.393 e. The normalized spacial score (nSPS) is 12.3. The Morgan fingerprint density at radius 3 is 2.74 bits per heavy atom.